The molecule has 1 N–H and O–H groups in total. The third-order valence-electron chi connectivity index (χ3n) is 5.19. The maximum absolute atomic E-state index is 12.9. The number of carbonyl (C=O) groups excluding carboxylic acids is 1. The first kappa shape index (κ1) is 22.7. The number of piperidine rings is 1. The summed E-state index contributed by atoms with van der Waals surface area (Å²) in [5.41, 5.74) is 0.742. The second-order valence-electron chi connectivity index (χ2n) is 7.39. The number of carbonyl (C=O) groups is 1. The Hall–Kier alpha value is -2.46. The Kier molecular flexibility index (Phi) is 6.80. The Morgan fingerprint density at radius 3 is 2.44 bits per heavy atom. The van der Waals surface area contributed by atoms with Crippen LogP contribution in [0.15, 0.2) is 57.9 Å². The summed E-state index contributed by atoms with van der Waals surface area (Å²) in [6.45, 7) is 0.527. The van der Waals surface area contributed by atoms with Gasteiger partial charge < -0.3 is 9.84 Å². The number of benzene rings is 2. The summed E-state index contributed by atoms with van der Waals surface area (Å²) < 4.78 is 32.4. The summed E-state index contributed by atoms with van der Waals surface area (Å²) in [5.74, 6) is -0.0784. The van der Waals surface area contributed by atoms with E-state index in [1.165, 1.54) is 28.6 Å². The number of amides is 1. The summed E-state index contributed by atoms with van der Waals surface area (Å²) >= 11 is 11.7. The molecule has 4 rings (SSSR count). The molecule has 1 atom stereocenters. The second kappa shape index (κ2) is 9.58. The minimum atomic E-state index is -3.70. The number of nitrogens with zero attached hydrogens (tertiary/aromatic N) is 3. The highest BCUT2D eigenvalue weighted by Crippen LogP contribution is 2.25. The highest BCUT2D eigenvalue weighted by molar-refractivity contribution is 7.89. The van der Waals surface area contributed by atoms with Crippen LogP contribution in [0.2, 0.25) is 10.0 Å². The number of hydrogen-bond donors (Lipinski definition) is 1. The maximum Gasteiger partial charge on any atom is 0.246 e. The zero-order valence-corrected chi connectivity index (χ0v) is 19.2. The van der Waals surface area contributed by atoms with Crippen LogP contribution in [0.3, 0.4) is 0 Å². The average Bonchev–Trinajstić information content (AvgIpc) is 3.27. The fourth-order valence-electron chi connectivity index (χ4n) is 3.48. The van der Waals surface area contributed by atoms with E-state index in [9.17, 15) is 13.2 Å². The van der Waals surface area contributed by atoms with Crippen molar-refractivity contribution >= 4 is 39.1 Å². The molecule has 0 bridgehead atoms. The Balaban J connectivity index is 1.36. The summed E-state index contributed by atoms with van der Waals surface area (Å²) in [6, 6.07) is 13.0. The Morgan fingerprint density at radius 2 is 1.75 bits per heavy atom. The Morgan fingerprint density at radius 1 is 1.09 bits per heavy atom. The number of rotatable bonds is 6. The molecule has 0 radical (unpaired) electrons. The predicted octanol–water partition coefficient (Wildman–Crippen LogP) is 3.76. The molecule has 32 heavy (non-hydrogen) atoms. The zero-order valence-electron chi connectivity index (χ0n) is 16.9. The van der Waals surface area contributed by atoms with E-state index in [1.807, 2.05) is 0 Å². The molecule has 1 aliphatic heterocycles. The van der Waals surface area contributed by atoms with Crippen LogP contribution in [-0.4, -0.2) is 41.9 Å². The molecule has 2 heterocycles. The van der Waals surface area contributed by atoms with Gasteiger partial charge in [0.15, 0.2) is 0 Å². The van der Waals surface area contributed by atoms with Crippen LogP contribution < -0.4 is 5.32 Å². The first-order valence-corrected chi connectivity index (χ1v) is 12.1. The van der Waals surface area contributed by atoms with Crippen LogP contribution in [-0.2, 0) is 21.4 Å². The first-order valence-electron chi connectivity index (χ1n) is 9.95. The quantitative estimate of drug-likeness (QED) is 0.559. The number of nitrogens with one attached hydrogen (secondary N) is 1. The lowest BCUT2D eigenvalue weighted by atomic mass is 9.99. The molecule has 0 saturated carbocycles. The van der Waals surface area contributed by atoms with E-state index in [1.54, 1.807) is 24.3 Å². The van der Waals surface area contributed by atoms with Crippen LogP contribution in [0.1, 0.15) is 18.7 Å². The van der Waals surface area contributed by atoms with Gasteiger partial charge in [0.05, 0.1) is 17.4 Å². The molecule has 2 aromatic carbocycles. The highest BCUT2D eigenvalue weighted by atomic mass is 35.5. The predicted molar refractivity (Wildman–Crippen MR) is 120 cm³/mol. The van der Waals surface area contributed by atoms with Gasteiger partial charge in [-0.3, -0.25) is 4.79 Å². The topological polar surface area (TPSA) is 105 Å². The Bertz CT molecular complexity index is 1200. The standard InChI is InChI=1S/C21H20Cl2N4O4S/c22-16-5-3-14(4-6-16)20-25-19(31-26-20)12-24-21(28)15-2-1-11-27(13-15)32(29,30)18-9-7-17(23)8-10-18/h3-10,15H,1-2,11-13H2,(H,24,28)/t15-/m0/s1. The summed E-state index contributed by atoms with van der Waals surface area (Å²) in [7, 11) is -3.70. The van der Waals surface area contributed by atoms with E-state index in [2.05, 4.69) is 15.5 Å². The van der Waals surface area contributed by atoms with Crippen molar-refractivity contribution in [1.29, 1.82) is 0 Å². The number of sulfonamides is 1. The van der Waals surface area contributed by atoms with Crippen LogP contribution in [0, 0.1) is 5.92 Å². The van der Waals surface area contributed by atoms with Gasteiger partial charge in [-0.25, -0.2) is 8.42 Å². The minimum absolute atomic E-state index is 0.0554. The smallest absolute Gasteiger partial charge is 0.246 e. The lowest BCUT2D eigenvalue weighted by molar-refractivity contribution is -0.126. The van der Waals surface area contributed by atoms with Gasteiger partial charge in [0.1, 0.15) is 0 Å². The van der Waals surface area contributed by atoms with Gasteiger partial charge in [-0.1, -0.05) is 28.4 Å². The van der Waals surface area contributed by atoms with Crippen molar-refractivity contribution in [3.05, 3.63) is 64.5 Å². The van der Waals surface area contributed by atoms with Crippen molar-refractivity contribution in [2.75, 3.05) is 13.1 Å². The summed E-state index contributed by atoms with van der Waals surface area (Å²) in [4.78, 5) is 17.1. The summed E-state index contributed by atoms with van der Waals surface area (Å²) in [6.07, 6.45) is 1.19. The largest absolute Gasteiger partial charge is 0.347 e. The first-order chi connectivity index (χ1) is 15.3. The van der Waals surface area contributed by atoms with Crippen molar-refractivity contribution in [2.45, 2.75) is 24.3 Å². The molecule has 0 aliphatic carbocycles. The summed E-state index contributed by atoms with van der Waals surface area (Å²) in [5, 5.41) is 7.74. The van der Waals surface area contributed by atoms with Crippen molar-refractivity contribution in [3.8, 4) is 11.4 Å². The molecule has 8 nitrogen and oxygen atoms in total. The second-order valence-corrected chi connectivity index (χ2v) is 10.2. The van der Waals surface area contributed by atoms with Gasteiger partial charge in [0, 0.05) is 28.7 Å². The van der Waals surface area contributed by atoms with Gasteiger partial charge >= 0.3 is 0 Å². The minimum Gasteiger partial charge on any atom is -0.347 e. The van der Waals surface area contributed by atoms with Crippen LogP contribution in [0.4, 0.5) is 0 Å². The van der Waals surface area contributed by atoms with E-state index >= 15 is 0 Å². The third kappa shape index (κ3) is 5.12. The lowest BCUT2D eigenvalue weighted by Crippen LogP contribution is -2.45. The molecule has 1 fully saturated rings. The molecule has 1 amide bonds. The molecule has 1 aromatic heterocycles. The average molecular weight is 495 g/mol. The molecular formula is C21H20Cl2N4O4S. The van der Waals surface area contributed by atoms with E-state index in [0.29, 0.717) is 35.3 Å². The van der Waals surface area contributed by atoms with Gasteiger partial charge in [-0.05, 0) is 61.4 Å². The molecule has 11 heteroatoms. The molecule has 1 saturated heterocycles. The highest BCUT2D eigenvalue weighted by Gasteiger charge is 2.33. The monoisotopic (exact) mass is 494 g/mol. The third-order valence-corrected chi connectivity index (χ3v) is 7.57. The van der Waals surface area contributed by atoms with E-state index in [4.69, 9.17) is 27.7 Å². The molecular weight excluding hydrogens is 475 g/mol. The molecule has 3 aromatic rings. The lowest BCUT2D eigenvalue weighted by Gasteiger charge is -2.31. The van der Waals surface area contributed by atoms with Crippen molar-refractivity contribution in [3.63, 3.8) is 0 Å². The van der Waals surface area contributed by atoms with Gasteiger partial charge in [0.2, 0.25) is 27.6 Å². The van der Waals surface area contributed by atoms with Crippen molar-refractivity contribution in [1.82, 2.24) is 19.8 Å². The number of hydrogen-bond acceptors (Lipinski definition) is 6. The van der Waals surface area contributed by atoms with Crippen LogP contribution >= 0.6 is 23.2 Å². The maximum atomic E-state index is 12.9. The number of aromatic nitrogens is 2. The van der Waals surface area contributed by atoms with Crippen molar-refractivity contribution < 1.29 is 17.7 Å². The molecule has 168 valence electrons. The van der Waals surface area contributed by atoms with Gasteiger partial charge in [-0.2, -0.15) is 9.29 Å². The van der Waals surface area contributed by atoms with Crippen LogP contribution in [0.25, 0.3) is 11.4 Å². The number of halogens is 2. The van der Waals surface area contributed by atoms with Crippen LogP contribution in [0.5, 0.6) is 0 Å². The van der Waals surface area contributed by atoms with E-state index < -0.39 is 15.9 Å². The zero-order chi connectivity index (χ0) is 22.7. The Labute approximate surface area is 195 Å². The fourth-order valence-corrected chi connectivity index (χ4v) is 5.26. The normalized spacial score (nSPS) is 17.2. The fraction of sp³-hybridized carbons (Fsp3) is 0.286. The SMILES string of the molecule is O=C(NCc1nc(-c2ccc(Cl)cc2)no1)[C@H]1CCCN(S(=O)(=O)c2ccc(Cl)cc2)C1. The van der Waals surface area contributed by atoms with Gasteiger partial charge in [-0.15, -0.1) is 0 Å². The van der Waals surface area contributed by atoms with E-state index in [0.717, 1.165) is 5.56 Å². The molecule has 1 aliphatic rings. The van der Waals surface area contributed by atoms with Crippen molar-refractivity contribution in [2.24, 2.45) is 5.92 Å². The molecule has 0 spiro atoms. The van der Waals surface area contributed by atoms with E-state index in [-0.39, 0.29) is 29.8 Å². The molecule has 0 unspecified atom stereocenters. The van der Waals surface area contributed by atoms with Gasteiger partial charge in [0.25, 0.3) is 0 Å².